The van der Waals surface area contributed by atoms with Crippen molar-refractivity contribution in [2.75, 3.05) is 0 Å². The number of aliphatic hydroxyl groups excluding tert-OH is 1. The number of allylic oxidation sites excluding steroid dienone is 2. The van der Waals surface area contributed by atoms with Gasteiger partial charge < -0.3 is 5.11 Å². The van der Waals surface area contributed by atoms with E-state index in [4.69, 9.17) is 10.1 Å². The zero-order chi connectivity index (χ0) is 21.0. The van der Waals surface area contributed by atoms with E-state index < -0.39 is 0 Å². The van der Waals surface area contributed by atoms with Gasteiger partial charge in [0.15, 0.2) is 5.78 Å². The number of nitrogens with zero attached hydrogens (tertiary/aromatic N) is 1. The Hall–Kier alpha value is -2.29. The van der Waals surface area contributed by atoms with Crippen molar-refractivity contribution in [1.29, 1.82) is 0 Å². The third kappa shape index (κ3) is 6.62. The van der Waals surface area contributed by atoms with Crippen LogP contribution in [0.3, 0.4) is 0 Å². The monoisotopic (exact) mass is 567 g/mol. The van der Waals surface area contributed by atoms with Crippen molar-refractivity contribution in [3.05, 3.63) is 76.1 Å². The standard InChI is InChI=1S/C20H20N.C5H8O2.Ir/c1-12-6-7-17-16(5)11-20(21-19(17)8-12)18-10-14(3)13(2)9-15(18)4;1-4(6)3-5(2)7;/h6-9,11H,1-5H3;3,6H,1-2H3;/q-1;;/b;4-3-;. The summed E-state index contributed by atoms with van der Waals surface area (Å²) in [5.74, 6) is -0.0625. The second-order valence-electron chi connectivity index (χ2n) is 7.38. The third-order valence-corrected chi connectivity index (χ3v) is 4.57. The molecule has 4 heteroatoms. The van der Waals surface area contributed by atoms with Crippen molar-refractivity contribution < 1.29 is 30.0 Å². The van der Waals surface area contributed by atoms with Gasteiger partial charge in [-0.15, -0.1) is 34.4 Å². The van der Waals surface area contributed by atoms with E-state index in [9.17, 15) is 4.79 Å². The minimum atomic E-state index is -0.125. The van der Waals surface area contributed by atoms with E-state index in [-0.39, 0.29) is 31.6 Å². The fourth-order valence-electron chi connectivity index (χ4n) is 3.09. The van der Waals surface area contributed by atoms with Crippen LogP contribution in [-0.4, -0.2) is 15.9 Å². The number of benzene rings is 2. The number of carbonyl (C=O) groups excluding carboxylic acids is 1. The Morgan fingerprint density at radius 2 is 1.62 bits per heavy atom. The fraction of sp³-hybridized carbons (Fsp3) is 0.280. The first-order valence-electron chi connectivity index (χ1n) is 9.35. The number of aliphatic hydroxyl groups is 1. The van der Waals surface area contributed by atoms with Crippen molar-refractivity contribution in [2.45, 2.75) is 48.5 Å². The molecular formula is C25H28IrNO2-. The van der Waals surface area contributed by atoms with Crippen LogP contribution in [0.2, 0.25) is 0 Å². The quantitative estimate of drug-likeness (QED) is 0.226. The Labute approximate surface area is 187 Å². The molecule has 155 valence electrons. The van der Waals surface area contributed by atoms with Crippen LogP contribution < -0.4 is 0 Å². The van der Waals surface area contributed by atoms with Crippen molar-refractivity contribution in [2.24, 2.45) is 0 Å². The van der Waals surface area contributed by atoms with Gasteiger partial charge in [-0.3, -0.25) is 9.78 Å². The summed E-state index contributed by atoms with van der Waals surface area (Å²) in [5.41, 5.74) is 9.42. The molecule has 0 fully saturated rings. The predicted molar refractivity (Wildman–Crippen MR) is 117 cm³/mol. The molecule has 0 aliphatic carbocycles. The molecule has 1 aromatic heterocycles. The molecule has 0 amide bonds. The molecule has 3 aromatic rings. The molecule has 1 heterocycles. The van der Waals surface area contributed by atoms with Crippen LogP contribution >= 0.6 is 0 Å². The molecule has 0 bridgehead atoms. The number of ketones is 1. The maximum Gasteiger partial charge on any atom is 0.155 e. The first-order chi connectivity index (χ1) is 13.1. The van der Waals surface area contributed by atoms with Gasteiger partial charge in [0.25, 0.3) is 0 Å². The maximum absolute atomic E-state index is 10.0. The Kier molecular flexibility index (Phi) is 8.94. The first kappa shape index (κ1) is 24.7. The summed E-state index contributed by atoms with van der Waals surface area (Å²) in [6.07, 6.45) is 1.17. The van der Waals surface area contributed by atoms with E-state index in [1.807, 2.05) is 0 Å². The van der Waals surface area contributed by atoms with Gasteiger partial charge in [0.2, 0.25) is 0 Å². The van der Waals surface area contributed by atoms with Crippen LogP contribution in [0.4, 0.5) is 0 Å². The third-order valence-electron chi connectivity index (χ3n) is 4.57. The van der Waals surface area contributed by atoms with Crippen LogP contribution in [0.15, 0.2) is 42.2 Å². The zero-order valence-electron chi connectivity index (χ0n) is 18.1. The Bertz CT molecular complexity index is 1060. The maximum atomic E-state index is 10.0. The molecule has 1 radical (unpaired) electrons. The van der Waals surface area contributed by atoms with Gasteiger partial charge in [0, 0.05) is 31.6 Å². The summed E-state index contributed by atoms with van der Waals surface area (Å²) in [7, 11) is 0. The van der Waals surface area contributed by atoms with Gasteiger partial charge in [-0.25, -0.2) is 0 Å². The molecule has 0 saturated carbocycles. The van der Waals surface area contributed by atoms with Crippen molar-refractivity contribution >= 4 is 16.7 Å². The number of aromatic nitrogens is 1. The van der Waals surface area contributed by atoms with Gasteiger partial charge in [0.1, 0.15) is 0 Å². The summed E-state index contributed by atoms with van der Waals surface area (Å²) in [4.78, 5) is 14.9. The van der Waals surface area contributed by atoms with Gasteiger partial charge in [-0.1, -0.05) is 39.0 Å². The van der Waals surface area contributed by atoms with E-state index in [0.29, 0.717) is 0 Å². The topological polar surface area (TPSA) is 50.2 Å². The second-order valence-corrected chi connectivity index (χ2v) is 7.38. The van der Waals surface area contributed by atoms with Crippen LogP contribution in [0, 0.1) is 40.7 Å². The van der Waals surface area contributed by atoms with Gasteiger partial charge in [-0.2, -0.15) is 0 Å². The number of fused-ring (bicyclic) bond motifs is 1. The van der Waals surface area contributed by atoms with E-state index >= 15 is 0 Å². The molecule has 3 rings (SSSR count). The second kappa shape index (κ2) is 10.5. The van der Waals surface area contributed by atoms with Crippen LogP contribution in [0.1, 0.15) is 41.7 Å². The van der Waals surface area contributed by atoms with Crippen molar-refractivity contribution in [1.82, 2.24) is 4.98 Å². The average molecular weight is 567 g/mol. The predicted octanol–water partition coefficient (Wildman–Crippen LogP) is 6.28. The fourth-order valence-corrected chi connectivity index (χ4v) is 3.09. The normalized spacial score (nSPS) is 10.8. The van der Waals surface area contributed by atoms with Crippen molar-refractivity contribution in [3.63, 3.8) is 0 Å². The molecule has 29 heavy (non-hydrogen) atoms. The van der Waals surface area contributed by atoms with Crippen LogP contribution in [0.5, 0.6) is 0 Å². The molecule has 0 saturated heterocycles. The molecule has 0 aliphatic heterocycles. The molecule has 2 aromatic carbocycles. The van der Waals surface area contributed by atoms with Gasteiger partial charge in [-0.05, 0) is 50.6 Å². The van der Waals surface area contributed by atoms with Crippen LogP contribution in [-0.2, 0) is 24.9 Å². The van der Waals surface area contributed by atoms with Gasteiger partial charge >= 0.3 is 0 Å². The number of hydrogen-bond acceptors (Lipinski definition) is 3. The summed E-state index contributed by atoms with van der Waals surface area (Å²) in [6, 6.07) is 14.4. The first-order valence-corrected chi connectivity index (χ1v) is 9.35. The molecule has 1 N–H and O–H groups in total. The minimum absolute atomic E-state index is 0. The van der Waals surface area contributed by atoms with E-state index in [0.717, 1.165) is 16.8 Å². The van der Waals surface area contributed by atoms with Gasteiger partial charge in [0.05, 0.1) is 11.3 Å². The smallest absolute Gasteiger partial charge is 0.155 e. The Morgan fingerprint density at radius 1 is 0.966 bits per heavy atom. The molecule has 0 unspecified atom stereocenters. The summed E-state index contributed by atoms with van der Waals surface area (Å²) in [5, 5.41) is 9.59. The summed E-state index contributed by atoms with van der Waals surface area (Å²) < 4.78 is 0. The summed E-state index contributed by atoms with van der Waals surface area (Å²) >= 11 is 0. The largest absolute Gasteiger partial charge is 0.512 e. The number of rotatable bonds is 2. The number of carbonyl (C=O) groups is 1. The molecule has 0 spiro atoms. The van der Waals surface area contributed by atoms with E-state index in [1.54, 1.807) is 0 Å². The molecule has 0 aliphatic rings. The minimum Gasteiger partial charge on any atom is -0.512 e. The van der Waals surface area contributed by atoms with E-state index in [2.05, 4.69) is 71.0 Å². The van der Waals surface area contributed by atoms with Crippen LogP contribution in [0.25, 0.3) is 22.2 Å². The SMILES string of the molecule is CC(=O)/C=C(/C)O.Cc1ccc2c(C)cc(-c3[c-]c(C)c(C)cc3C)nc2c1.[Ir]. The van der Waals surface area contributed by atoms with Crippen molar-refractivity contribution in [3.8, 4) is 11.3 Å². The Morgan fingerprint density at radius 3 is 2.17 bits per heavy atom. The average Bonchev–Trinajstić information content (AvgIpc) is 2.57. The molecule has 0 atom stereocenters. The zero-order valence-corrected chi connectivity index (χ0v) is 20.5. The summed E-state index contributed by atoms with van der Waals surface area (Å²) in [6.45, 7) is 13.5. The Balaban J connectivity index is 0.000000456. The number of pyridine rings is 1. The number of aryl methyl sites for hydroxylation is 5. The molecular weight excluding hydrogens is 538 g/mol. The number of hydrogen-bond donors (Lipinski definition) is 1. The van der Waals surface area contributed by atoms with E-state index in [1.165, 1.54) is 53.1 Å². The molecule has 3 nitrogen and oxygen atoms in total.